The first-order valence-corrected chi connectivity index (χ1v) is 24.2. The van der Waals surface area contributed by atoms with Gasteiger partial charge in [-0.15, -0.1) is 0 Å². The Hall–Kier alpha value is -2.05. The quantitative estimate of drug-likeness (QED) is 0.197. The van der Waals surface area contributed by atoms with Gasteiger partial charge in [-0.25, -0.2) is 0 Å². The fraction of sp³-hybridized carbons (Fsp3) is 0.460. The Bertz CT molecular complexity index is 2060. The second kappa shape index (κ2) is 14.2. The zero-order valence-corrected chi connectivity index (χ0v) is 37.2. The van der Waals surface area contributed by atoms with Crippen molar-refractivity contribution in [2.75, 3.05) is 0 Å². The fourth-order valence-corrected chi connectivity index (χ4v) is 20.8. The molecular formula is C50H58Cl2Zr. The summed E-state index contributed by atoms with van der Waals surface area (Å²) in [6.07, 6.45) is 13.2. The maximum absolute atomic E-state index is 2.89. The van der Waals surface area contributed by atoms with Crippen LogP contribution in [-0.2, 0) is 32.1 Å². The van der Waals surface area contributed by atoms with Crippen LogP contribution >= 0.6 is 0 Å². The number of benzene rings is 4. The zero-order chi connectivity index (χ0) is 35.4. The van der Waals surface area contributed by atoms with Crippen molar-refractivity contribution < 1.29 is 46.1 Å². The van der Waals surface area contributed by atoms with E-state index >= 15 is 0 Å². The third-order valence-corrected chi connectivity index (χ3v) is 22.2. The molecule has 0 radical (unpaired) electrons. The maximum Gasteiger partial charge on any atom is -1.00 e. The van der Waals surface area contributed by atoms with E-state index in [-0.39, 0.29) is 35.6 Å². The summed E-state index contributed by atoms with van der Waals surface area (Å²) in [6.45, 7) is 19.3. The Morgan fingerprint density at radius 2 is 1.23 bits per heavy atom. The summed E-state index contributed by atoms with van der Waals surface area (Å²) in [5.74, 6) is 3.54. The molecule has 4 aromatic rings. The van der Waals surface area contributed by atoms with Gasteiger partial charge in [0, 0.05) is 0 Å². The van der Waals surface area contributed by atoms with Crippen LogP contribution in [0.4, 0.5) is 0 Å². The number of rotatable bonds is 5. The molecule has 3 heteroatoms. The second-order valence-corrected chi connectivity index (χ2v) is 25.5. The summed E-state index contributed by atoms with van der Waals surface area (Å²) >= 11 is -2.66. The number of halogens is 2. The van der Waals surface area contributed by atoms with Crippen LogP contribution in [0.3, 0.4) is 0 Å². The predicted molar refractivity (Wildman–Crippen MR) is 215 cm³/mol. The summed E-state index contributed by atoms with van der Waals surface area (Å²) in [5.41, 5.74) is 14.8. The molecule has 0 nitrogen and oxygen atoms in total. The molecule has 6 aliphatic rings. The minimum Gasteiger partial charge on any atom is -1.00 e. The summed E-state index contributed by atoms with van der Waals surface area (Å²) in [6, 6.07) is 31.3. The second-order valence-electron chi connectivity index (χ2n) is 19.8. The average Bonchev–Trinajstić information content (AvgIpc) is 3.53. The molecule has 4 saturated carbocycles. The topological polar surface area (TPSA) is 0 Å². The van der Waals surface area contributed by atoms with Gasteiger partial charge < -0.3 is 24.8 Å². The summed E-state index contributed by atoms with van der Waals surface area (Å²) in [5, 5.41) is 2.77. The molecule has 1 unspecified atom stereocenters. The molecule has 0 heterocycles. The van der Waals surface area contributed by atoms with E-state index in [4.69, 9.17) is 0 Å². The van der Waals surface area contributed by atoms with Crippen molar-refractivity contribution in [3.05, 3.63) is 127 Å². The average molecular weight is 821 g/mol. The first kappa shape index (κ1) is 39.2. The van der Waals surface area contributed by atoms with E-state index in [0.29, 0.717) is 15.0 Å². The number of hydrogen-bond donors (Lipinski definition) is 0. The van der Waals surface area contributed by atoms with Crippen LogP contribution in [0.15, 0.2) is 99.4 Å². The van der Waals surface area contributed by atoms with Gasteiger partial charge in [0.05, 0.1) is 0 Å². The third-order valence-electron chi connectivity index (χ3n) is 14.0. The SMILES string of the molecule is CC1=[C](/[Zr+2](=[CH]/c2cccc3ccccc23)[CH]2c3ccc(C(C)(C)C)cc3-c3cc(C(C)(C)C)ccc32)C(C)C=C1CC12CC3CC(CC(C3)C1)C2.[Cl-].[Cl-]. The molecule has 4 bridgehead atoms. The Morgan fingerprint density at radius 1 is 0.698 bits per heavy atom. The van der Waals surface area contributed by atoms with E-state index in [2.05, 4.69) is 144 Å². The van der Waals surface area contributed by atoms with Gasteiger partial charge in [-0.3, -0.25) is 0 Å². The van der Waals surface area contributed by atoms with Gasteiger partial charge in [0.2, 0.25) is 0 Å². The molecule has 4 fully saturated rings. The third kappa shape index (κ3) is 6.91. The van der Waals surface area contributed by atoms with Crippen LogP contribution < -0.4 is 24.8 Å². The normalized spacial score (nSPS) is 26.0. The molecule has 276 valence electrons. The molecule has 0 aliphatic heterocycles. The monoisotopic (exact) mass is 818 g/mol. The van der Waals surface area contributed by atoms with Crippen molar-refractivity contribution in [2.24, 2.45) is 29.1 Å². The Labute approximate surface area is 340 Å². The van der Waals surface area contributed by atoms with Gasteiger partial charge in [0.1, 0.15) is 0 Å². The molecular weight excluding hydrogens is 763 g/mol. The predicted octanol–water partition coefficient (Wildman–Crippen LogP) is 7.44. The largest absolute Gasteiger partial charge is 1.00 e. The Kier molecular flexibility index (Phi) is 10.5. The molecule has 0 spiro atoms. The van der Waals surface area contributed by atoms with E-state index in [9.17, 15) is 0 Å². The number of fused-ring (bicyclic) bond motifs is 4. The number of allylic oxidation sites excluding steroid dienone is 4. The molecule has 6 aliphatic carbocycles. The summed E-state index contributed by atoms with van der Waals surface area (Å²) < 4.78 is 5.22. The van der Waals surface area contributed by atoms with Gasteiger partial charge in [-0.2, -0.15) is 0 Å². The van der Waals surface area contributed by atoms with E-state index in [0.717, 1.165) is 17.8 Å². The van der Waals surface area contributed by atoms with E-state index in [1.54, 1.807) is 22.3 Å². The van der Waals surface area contributed by atoms with Crippen molar-refractivity contribution in [1.82, 2.24) is 0 Å². The molecule has 0 amide bonds. The molecule has 0 saturated heterocycles. The van der Waals surface area contributed by atoms with Gasteiger partial charge in [0.15, 0.2) is 0 Å². The fourth-order valence-electron chi connectivity index (χ4n) is 12.0. The van der Waals surface area contributed by atoms with Crippen molar-refractivity contribution in [1.29, 1.82) is 0 Å². The van der Waals surface area contributed by atoms with E-state index in [1.807, 2.05) is 3.28 Å². The van der Waals surface area contributed by atoms with Crippen LogP contribution in [0.1, 0.15) is 132 Å². The zero-order valence-electron chi connectivity index (χ0n) is 33.3. The van der Waals surface area contributed by atoms with E-state index in [1.165, 1.54) is 83.5 Å². The molecule has 0 aromatic heterocycles. The molecule has 53 heavy (non-hydrogen) atoms. The molecule has 0 N–H and O–H groups in total. The Balaban J connectivity index is 0.00000218. The minimum atomic E-state index is -2.66. The minimum absolute atomic E-state index is 0. The first-order valence-electron chi connectivity index (χ1n) is 20.2. The van der Waals surface area contributed by atoms with Crippen LogP contribution in [0, 0.1) is 29.1 Å². The van der Waals surface area contributed by atoms with Crippen molar-refractivity contribution >= 4 is 14.5 Å². The van der Waals surface area contributed by atoms with Crippen LogP contribution in [0.2, 0.25) is 0 Å². The number of hydrogen-bond acceptors (Lipinski definition) is 0. The maximum atomic E-state index is 2.89. The van der Waals surface area contributed by atoms with Gasteiger partial charge >= 0.3 is 318 Å². The van der Waals surface area contributed by atoms with Gasteiger partial charge in [0.25, 0.3) is 0 Å². The molecule has 10 rings (SSSR count). The van der Waals surface area contributed by atoms with Crippen molar-refractivity contribution in [2.45, 2.75) is 115 Å². The summed E-state index contributed by atoms with van der Waals surface area (Å²) in [4.78, 5) is 0. The summed E-state index contributed by atoms with van der Waals surface area (Å²) in [7, 11) is 0. The first-order chi connectivity index (χ1) is 24.3. The smallest absolute Gasteiger partial charge is 1.00 e. The van der Waals surface area contributed by atoms with Crippen molar-refractivity contribution in [3.63, 3.8) is 0 Å². The standard InChI is InChI=1S/C21H25.C18H25.C11H8.2ClH.Zr/c1-20(2,3)16-9-7-14-11-15-8-10-17(21(4,5)6)13-19(15)18(14)12-16;1-12-3-13(2)17(4-12)11-18-8-14-5-15(9-18)7-16(6-14)10-18;1-9-5-4-7-10-6-2-3-8-11(9)10;;;/h7-13H,1-6H3;4,12,14-16H,5-11H2,1-2H3;1-8H;2*1H;/q;;;;;+2/p-2. The van der Waals surface area contributed by atoms with Crippen molar-refractivity contribution in [3.8, 4) is 11.1 Å². The molecule has 4 aromatic carbocycles. The van der Waals surface area contributed by atoms with Crippen LogP contribution in [0.5, 0.6) is 0 Å². The van der Waals surface area contributed by atoms with E-state index < -0.39 is 21.3 Å². The Morgan fingerprint density at radius 3 is 1.77 bits per heavy atom. The van der Waals surface area contributed by atoms with Crippen LogP contribution in [0.25, 0.3) is 21.9 Å². The molecule has 1 atom stereocenters. The van der Waals surface area contributed by atoms with Crippen LogP contribution in [-0.4, -0.2) is 3.71 Å². The van der Waals surface area contributed by atoms with Gasteiger partial charge in [-0.05, 0) is 0 Å². The van der Waals surface area contributed by atoms with Gasteiger partial charge in [-0.1, -0.05) is 0 Å².